The molecule has 1 aliphatic rings. The van der Waals surface area contributed by atoms with E-state index in [1.807, 2.05) is 0 Å². The molecule has 0 saturated carbocycles. The van der Waals surface area contributed by atoms with Crippen LogP contribution in [0.1, 0.15) is 30.3 Å². The molecule has 4 aromatic heterocycles. The van der Waals surface area contributed by atoms with Crippen molar-refractivity contribution in [1.29, 1.82) is 0 Å². The van der Waals surface area contributed by atoms with Gasteiger partial charge in [-0.25, -0.2) is 28.8 Å². The highest BCUT2D eigenvalue weighted by molar-refractivity contribution is 6.08. The first-order chi connectivity index (χ1) is 16.1. The van der Waals surface area contributed by atoms with Crippen molar-refractivity contribution in [3.05, 3.63) is 53.6 Å². The lowest BCUT2D eigenvalue weighted by Gasteiger charge is -2.22. The van der Waals surface area contributed by atoms with Crippen LogP contribution in [-0.4, -0.2) is 46.6 Å². The van der Waals surface area contributed by atoms with Crippen LogP contribution in [0.3, 0.4) is 0 Å². The molecule has 1 unspecified atom stereocenters. The molecule has 174 valence electrons. The standard InChI is InChI=1S/C20H15F4N9O/c1-19(12-3-2-9(21)6-26-12)13-14(25)30-15(31-16(13)32-18(19)34)11-7-33-17(27-8-28-33)10(29-11)4-5-20(22,23)24/h2-3,6-8H,4-5H2,1H3,(H3,25,30,31,32,34). The zero-order chi connectivity index (χ0) is 24.3. The maximum Gasteiger partial charge on any atom is 0.389 e. The van der Waals surface area contributed by atoms with Crippen LogP contribution in [0.2, 0.25) is 0 Å². The van der Waals surface area contributed by atoms with E-state index < -0.39 is 36.2 Å². The normalized spacial score (nSPS) is 17.7. The fourth-order valence-electron chi connectivity index (χ4n) is 3.86. The lowest BCUT2D eigenvalue weighted by Crippen LogP contribution is -2.34. The quantitative estimate of drug-likeness (QED) is 0.431. The molecule has 34 heavy (non-hydrogen) atoms. The predicted molar refractivity (Wildman–Crippen MR) is 110 cm³/mol. The average molecular weight is 473 g/mol. The molecule has 0 bridgehead atoms. The maximum absolute atomic E-state index is 13.4. The first kappa shape index (κ1) is 21.6. The first-order valence-electron chi connectivity index (χ1n) is 9.94. The number of aromatic nitrogens is 7. The van der Waals surface area contributed by atoms with Crippen molar-refractivity contribution in [3.8, 4) is 11.5 Å². The highest BCUT2D eigenvalue weighted by atomic mass is 19.4. The number of aryl methyl sites for hydroxylation is 1. The van der Waals surface area contributed by atoms with Gasteiger partial charge < -0.3 is 11.1 Å². The van der Waals surface area contributed by atoms with Crippen molar-refractivity contribution >= 4 is 23.2 Å². The van der Waals surface area contributed by atoms with Crippen LogP contribution in [0, 0.1) is 5.82 Å². The summed E-state index contributed by atoms with van der Waals surface area (Å²) in [6.07, 6.45) is -2.33. The van der Waals surface area contributed by atoms with Gasteiger partial charge in [0.05, 0.1) is 29.3 Å². The largest absolute Gasteiger partial charge is 0.389 e. The molecular weight excluding hydrogens is 458 g/mol. The molecule has 0 aliphatic carbocycles. The van der Waals surface area contributed by atoms with Gasteiger partial charge in [-0.2, -0.15) is 18.3 Å². The molecule has 10 nitrogen and oxygen atoms in total. The minimum Gasteiger partial charge on any atom is -0.383 e. The Morgan fingerprint density at radius 2 is 1.97 bits per heavy atom. The molecule has 5 heterocycles. The SMILES string of the molecule is CC1(c2ccc(F)cn2)C(=O)Nc2nc(-c3cn4ncnc4c(CCC(F)(F)F)n3)nc(N)c21. The van der Waals surface area contributed by atoms with Crippen LogP contribution in [0.4, 0.5) is 29.2 Å². The third kappa shape index (κ3) is 3.47. The summed E-state index contributed by atoms with van der Waals surface area (Å²) in [5.41, 5.74) is 5.63. The number of rotatable bonds is 4. The van der Waals surface area contributed by atoms with E-state index >= 15 is 0 Å². The monoisotopic (exact) mass is 473 g/mol. The van der Waals surface area contributed by atoms with E-state index in [-0.39, 0.29) is 45.8 Å². The van der Waals surface area contributed by atoms with E-state index in [1.165, 1.54) is 29.2 Å². The van der Waals surface area contributed by atoms with Crippen LogP contribution in [0.25, 0.3) is 17.2 Å². The molecule has 3 N–H and O–H groups in total. The molecule has 0 fully saturated rings. The van der Waals surface area contributed by atoms with Crippen LogP contribution >= 0.6 is 0 Å². The van der Waals surface area contributed by atoms with E-state index in [1.54, 1.807) is 6.92 Å². The number of amides is 1. The summed E-state index contributed by atoms with van der Waals surface area (Å²) in [6, 6.07) is 2.54. The second-order valence-electron chi connectivity index (χ2n) is 7.81. The Hall–Kier alpha value is -4.23. The minimum atomic E-state index is -4.38. The van der Waals surface area contributed by atoms with E-state index in [2.05, 4.69) is 35.3 Å². The summed E-state index contributed by atoms with van der Waals surface area (Å²) in [5, 5.41) is 6.60. The van der Waals surface area contributed by atoms with Crippen LogP contribution in [0.15, 0.2) is 30.9 Å². The van der Waals surface area contributed by atoms with Gasteiger partial charge in [0.15, 0.2) is 11.5 Å². The number of halogens is 4. The Morgan fingerprint density at radius 1 is 1.18 bits per heavy atom. The van der Waals surface area contributed by atoms with Crippen molar-refractivity contribution in [2.75, 3.05) is 11.1 Å². The van der Waals surface area contributed by atoms with Gasteiger partial charge in [0.2, 0.25) is 5.91 Å². The van der Waals surface area contributed by atoms with Crippen molar-refractivity contribution < 1.29 is 22.4 Å². The number of carbonyl (C=O) groups is 1. The summed E-state index contributed by atoms with van der Waals surface area (Å²) in [5.74, 6) is -1.06. The number of nitrogen functional groups attached to an aromatic ring is 1. The minimum absolute atomic E-state index is 0.0291. The van der Waals surface area contributed by atoms with E-state index in [4.69, 9.17) is 5.73 Å². The van der Waals surface area contributed by atoms with Crippen molar-refractivity contribution in [1.82, 2.24) is 34.5 Å². The van der Waals surface area contributed by atoms with Gasteiger partial charge in [-0.1, -0.05) is 0 Å². The number of nitrogens with two attached hydrogens (primary N) is 1. The molecule has 0 radical (unpaired) electrons. The Morgan fingerprint density at radius 3 is 2.68 bits per heavy atom. The Bertz CT molecular complexity index is 1430. The van der Waals surface area contributed by atoms with E-state index in [0.29, 0.717) is 0 Å². The molecular formula is C20H15F4N9O. The van der Waals surface area contributed by atoms with Crippen LogP contribution in [0.5, 0.6) is 0 Å². The highest BCUT2D eigenvalue weighted by Crippen LogP contribution is 2.44. The van der Waals surface area contributed by atoms with Crippen LogP contribution in [-0.2, 0) is 16.6 Å². The molecule has 0 aromatic carbocycles. The Balaban J connectivity index is 1.60. The van der Waals surface area contributed by atoms with Crippen LogP contribution < -0.4 is 11.1 Å². The van der Waals surface area contributed by atoms with Crippen molar-refractivity contribution in [3.63, 3.8) is 0 Å². The zero-order valence-corrected chi connectivity index (χ0v) is 17.4. The van der Waals surface area contributed by atoms with Gasteiger partial charge in [0, 0.05) is 12.8 Å². The van der Waals surface area contributed by atoms with E-state index in [0.717, 1.165) is 6.20 Å². The van der Waals surface area contributed by atoms with Gasteiger partial charge in [0.1, 0.15) is 34.9 Å². The fourth-order valence-corrected chi connectivity index (χ4v) is 3.86. The van der Waals surface area contributed by atoms with Crippen molar-refractivity contribution in [2.24, 2.45) is 0 Å². The summed E-state index contributed by atoms with van der Waals surface area (Å²) in [7, 11) is 0. The van der Waals surface area contributed by atoms with E-state index in [9.17, 15) is 22.4 Å². The third-order valence-electron chi connectivity index (χ3n) is 5.57. The molecule has 1 aliphatic heterocycles. The first-order valence-corrected chi connectivity index (χ1v) is 9.94. The molecule has 1 amide bonds. The van der Waals surface area contributed by atoms with Gasteiger partial charge in [-0.3, -0.25) is 9.78 Å². The Labute approximate surface area is 188 Å². The number of alkyl halides is 3. The summed E-state index contributed by atoms with van der Waals surface area (Å²) < 4.78 is 53.0. The van der Waals surface area contributed by atoms with Gasteiger partial charge in [-0.05, 0) is 19.1 Å². The maximum atomic E-state index is 13.4. The topological polar surface area (TPSA) is 137 Å². The molecule has 4 aromatic rings. The fraction of sp³-hybridized carbons (Fsp3) is 0.250. The number of anilines is 2. The number of hydrogen-bond acceptors (Lipinski definition) is 8. The highest BCUT2D eigenvalue weighted by Gasteiger charge is 2.48. The molecule has 0 spiro atoms. The number of nitrogens with zero attached hydrogens (tertiary/aromatic N) is 7. The molecule has 0 saturated heterocycles. The average Bonchev–Trinajstić information content (AvgIpc) is 3.35. The second-order valence-corrected chi connectivity index (χ2v) is 7.81. The van der Waals surface area contributed by atoms with Crippen molar-refractivity contribution in [2.45, 2.75) is 31.4 Å². The molecule has 1 atom stereocenters. The number of nitrogens with one attached hydrogen (secondary N) is 1. The Kier molecular flexibility index (Phi) is 4.70. The van der Waals surface area contributed by atoms with Gasteiger partial charge in [0.25, 0.3) is 0 Å². The van der Waals surface area contributed by atoms with Gasteiger partial charge in [-0.15, -0.1) is 0 Å². The summed E-state index contributed by atoms with van der Waals surface area (Å²) >= 11 is 0. The lowest BCUT2D eigenvalue weighted by atomic mass is 9.81. The second kappa shape index (κ2) is 7.40. The van der Waals surface area contributed by atoms with Gasteiger partial charge >= 0.3 is 6.18 Å². The smallest absolute Gasteiger partial charge is 0.383 e. The number of pyridine rings is 1. The number of hydrogen-bond donors (Lipinski definition) is 2. The lowest BCUT2D eigenvalue weighted by molar-refractivity contribution is -0.134. The molecule has 5 rings (SSSR count). The number of fused-ring (bicyclic) bond motifs is 2. The third-order valence-corrected chi connectivity index (χ3v) is 5.57. The summed E-state index contributed by atoms with van der Waals surface area (Å²) in [4.78, 5) is 33.7. The predicted octanol–water partition coefficient (Wildman–Crippen LogP) is 2.45. The summed E-state index contributed by atoms with van der Waals surface area (Å²) in [6.45, 7) is 1.56. The molecule has 14 heteroatoms. The number of carbonyl (C=O) groups excluding carboxylic acids is 1. The zero-order valence-electron chi connectivity index (χ0n) is 17.4.